The predicted molar refractivity (Wildman–Crippen MR) is 117 cm³/mol. The molecule has 0 bridgehead atoms. The van der Waals surface area contributed by atoms with Crippen molar-refractivity contribution in [1.29, 1.82) is 0 Å². The number of rotatable bonds is 6. The molecule has 2 heterocycles. The lowest BCUT2D eigenvalue weighted by Gasteiger charge is -2.28. The fourth-order valence-electron chi connectivity index (χ4n) is 3.80. The topological polar surface area (TPSA) is 61.9 Å². The number of hydrogen-bond acceptors (Lipinski definition) is 5. The second-order valence-electron chi connectivity index (χ2n) is 7.90. The molecule has 162 valence electrons. The van der Waals surface area contributed by atoms with Crippen molar-refractivity contribution in [1.82, 2.24) is 9.80 Å². The van der Waals surface area contributed by atoms with E-state index in [0.29, 0.717) is 43.1 Å². The minimum Gasteiger partial charge on any atom is -0.379 e. The molecule has 1 N–H and O–H groups in total. The van der Waals surface area contributed by atoms with Gasteiger partial charge in [-0.05, 0) is 54.8 Å². The highest BCUT2D eigenvalue weighted by Gasteiger charge is 2.39. The van der Waals surface area contributed by atoms with Crippen molar-refractivity contribution in [3.8, 4) is 0 Å². The monoisotopic (exact) mass is 423 g/mol. The number of carbonyl (C=O) groups is 2. The minimum atomic E-state index is -0.366. The van der Waals surface area contributed by atoms with Crippen LogP contribution < -0.4 is 5.32 Å². The fraction of sp³-hybridized carbons (Fsp3) is 0.333. The number of carbonyl (C=O) groups excluding carboxylic acids is 2. The average molecular weight is 423 g/mol. The molecule has 2 amide bonds. The van der Waals surface area contributed by atoms with E-state index >= 15 is 0 Å². The van der Waals surface area contributed by atoms with E-state index in [1.165, 1.54) is 17.0 Å². The third kappa shape index (κ3) is 4.52. The molecule has 2 aromatic rings. The summed E-state index contributed by atoms with van der Waals surface area (Å²) < 4.78 is 18.7. The van der Waals surface area contributed by atoms with Gasteiger partial charge in [0, 0.05) is 31.9 Å². The zero-order chi connectivity index (χ0) is 22.0. The molecule has 6 nitrogen and oxygen atoms in total. The Labute approximate surface area is 181 Å². The lowest BCUT2D eigenvalue weighted by Crippen LogP contribution is -2.43. The van der Waals surface area contributed by atoms with Crippen LogP contribution in [-0.2, 0) is 14.3 Å². The van der Waals surface area contributed by atoms with Gasteiger partial charge < -0.3 is 10.1 Å². The van der Waals surface area contributed by atoms with E-state index in [9.17, 15) is 14.0 Å². The first-order valence-corrected chi connectivity index (χ1v) is 10.4. The molecule has 4 rings (SSSR count). The van der Waals surface area contributed by atoms with Crippen LogP contribution >= 0.6 is 0 Å². The van der Waals surface area contributed by atoms with Gasteiger partial charge in [-0.1, -0.05) is 18.2 Å². The molecule has 31 heavy (non-hydrogen) atoms. The Bertz CT molecular complexity index is 1030. The SMILES string of the molecule is Cc1ccc(C2=C(Nc3ccc(F)cc3)C(=O)N(CCN3CCOCC3)C2=O)cc1C. The maximum Gasteiger partial charge on any atom is 0.278 e. The van der Waals surface area contributed by atoms with Crippen LogP contribution in [0.15, 0.2) is 48.2 Å². The molecule has 0 atom stereocenters. The number of anilines is 1. The van der Waals surface area contributed by atoms with E-state index in [2.05, 4.69) is 10.2 Å². The average Bonchev–Trinajstić information content (AvgIpc) is 3.00. The molecule has 0 saturated carbocycles. The summed E-state index contributed by atoms with van der Waals surface area (Å²) in [5.41, 5.74) is 3.96. The van der Waals surface area contributed by atoms with Crippen LogP contribution in [0.2, 0.25) is 0 Å². The van der Waals surface area contributed by atoms with Crippen molar-refractivity contribution in [3.05, 3.63) is 70.7 Å². The van der Waals surface area contributed by atoms with Crippen molar-refractivity contribution >= 4 is 23.1 Å². The number of nitrogens with zero attached hydrogens (tertiary/aromatic N) is 2. The Hall–Kier alpha value is -3.03. The highest BCUT2D eigenvalue weighted by molar-refractivity contribution is 6.36. The molecular formula is C24H26FN3O3. The minimum absolute atomic E-state index is 0.224. The second kappa shape index (κ2) is 8.99. The summed E-state index contributed by atoms with van der Waals surface area (Å²) in [7, 11) is 0. The molecule has 0 radical (unpaired) electrons. The molecule has 0 unspecified atom stereocenters. The molecule has 7 heteroatoms. The molecular weight excluding hydrogens is 397 g/mol. The number of ether oxygens (including phenoxy) is 1. The van der Waals surface area contributed by atoms with Crippen LogP contribution in [0.4, 0.5) is 10.1 Å². The summed E-state index contributed by atoms with van der Waals surface area (Å²) >= 11 is 0. The van der Waals surface area contributed by atoms with Gasteiger partial charge in [0.1, 0.15) is 11.5 Å². The molecule has 0 spiro atoms. The molecule has 1 saturated heterocycles. The first-order chi connectivity index (χ1) is 14.9. The molecule has 2 aliphatic heterocycles. The zero-order valence-electron chi connectivity index (χ0n) is 17.8. The van der Waals surface area contributed by atoms with Crippen molar-refractivity contribution < 1.29 is 18.7 Å². The van der Waals surface area contributed by atoms with Crippen molar-refractivity contribution in [2.45, 2.75) is 13.8 Å². The number of morpholine rings is 1. The normalized spacial score (nSPS) is 17.6. The lowest BCUT2D eigenvalue weighted by atomic mass is 9.99. The van der Waals surface area contributed by atoms with E-state index in [4.69, 9.17) is 4.74 Å². The number of amides is 2. The van der Waals surface area contributed by atoms with E-state index in [0.717, 1.165) is 24.2 Å². The zero-order valence-corrected chi connectivity index (χ0v) is 17.8. The molecule has 1 fully saturated rings. The molecule has 0 aliphatic carbocycles. The van der Waals surface area contributed by atoms with Gasteiger partial charge in [-0.2, -0.15) is 0 Å². The largest absolute Gasteiger partial charge is 0.379 e. The highest BCUT2D eigenvalue weighted by Crippen LogP contribution is 2.31. The lowest BCUT2D eigenvalue weighted by molar-refractivity contribution is -0.137. The van der Waals surface area contributed by atoms with Crippen LogP contribution in [0.25, 0.3) is 5.57 Å². The summed E-state index contributed by atoms with van der Waals surface area (Å²) in [6.45, 7) is 7.77. The first-order valence-electron chi connectivity index (χ1n) is 10.4. The van der Waals surface area contributed by atoms with Gasteiger partial charge in [-0.3, -0.25) is 19.4 Å². The van der Waals surface area contributed by atoms with E-state index in [1.807, 2.05) is 32.0 Å². The number of aryl methyl sites for hydroxylation is 2. The van der Waals surface area contributed by atoms with Gasteiger partial charge in [-0.25, -0.2) is 4.39 Å². The smallest absolute Gasteiger partial charge is 0.278 e. The van der Waals surface area contributed by atoms with Crippen LogP contribution in [0.5, 0.6) is 0 Å². The van der Waals surface area contributed by atoms with Gasteiger partial charge in [-0.15, -0.1) is 0 Å². The third-order valence-corrected chi connectivity index (χ3v) is 5.82. The van der Waals surface area contributed by atoms with Crippen molar-refractivity contribution in [2.75, 3.05) is 44.7 Å². The maximum absolute atomic E-state index is 13.3. The van der Waals surface area contributed by atoms with Crippen LogP contribution in [0, 0.1) is 19.7 Å². The molecule has 2 aromatic carbocycles. The van der Waals surface area contributed by atoms with Gasteiger partial charge >= 0.3 is 0 Å². The van der Waals surface area contributed by atoms with Gasteiger partial charge in [0.2, 0.25) is 0 Å². The number of benzene rings is 2. The standard InChI is InChI=1S/C24H26FN3O3/c1-16-3-4-18(15-17(16)2)21-22(26-20-7-5-19(25)6-8-20)24(30)28(23(21)29)10-9-27-11-13-31-14-12-27/h3-8,15,26H,9-14H2,1-2H3. The van der Waals surface area contributed by atoms with E-state index < -0.39 is 0 Å². The van der Waals surface area contributed by atoms with Crippen LogP contribution in [0.1, 0.15) is 16.7 Å². The number of nitrogens with one attached hydrogen (secondary N) is 1. The summed E-state index contributed by atoms with van der Waals surface area (Å²) in [5, 5.41) is 3.07. The first kappa shape index (κ1) is 21.2. The fourth-order valence-corrected chi connectivity index (χ4v) is 3.80. The number of halogens is 1. The number of hydrogen-bond donors (Lipinski definition) is 1. The Balaban J connectivity index is 1.64. The Morgan fingerprint density at radius 3 is 2.32 bits per heavy atom. The van der Waals surface area contributed by atoms with Crippen molar-refractivity contribution in [2.24, 2.45) is 0 Å². The van der Waals surface area contributed by atoms with Gasteiger partial charge in [0.15, 0.2) is 0 Å². The van der Waals surface area contributed by atoms with Gasteiger partial charge in [0.25, 0.3) is 11.8 Å². The quantitative estimate of drug-likeness (QED) is 0.724. The van der Waals surface area contributed by atoms with E-state index in [-0.39, 0.29) is 23.3 Å². The van der Waals surface area contributed by atoms with Crippen molar-refractivity contribution in [3.63, 3.8) is 0 Å². The van der Waals surface area contributed by atoms with E-state index in [1.54, 1.807) is 12.1 Å². The molecule has 0 aromatic heterocycles. The van der Waals surface area contributed by atoms with Crippen LogP contribution in [0.3, 0.4) is 0 Å². The Kier molecular flexibility index (Phi) is 6.15. The third-order valence-electron chi connectivity index (χ3n) is 5.82. The summed E-state index contributed by atoms with van der Waals surface area (Å²) in [6.07, 6.45) is 0. The second-order valence-corrected chi connectivity index (χ2v) is 7.90. The summed E-state index contributed by atoms with van der Waals surface area (Å²) in [6, 6.07) is 11.5. The summed E-state index contributed by atoms with van der Waals surface area (Å²) in [4.78, 5) is 30.1. The molecule has 2 aliphatic rings. The summed E-state index contributed by atoms with van der Waals surface area (Å²) in [5.74, 6) is -1.04. The number of imide groups is 1. The maximum atomic E-state index is 13.3. The van der Waals surface area contributed by atoms with Gasteiger partial charge in [0.05, 0.1) is 18.8 Å². The highest BCUT2D eigenvalue weighted by atomic mass is 19.1. The predicted octanol–water partition coefficient (Wildman–Crippen LogP) is 2.97. The Morgan fingerprint density at radius 2 is 1.65 bits per heavy atom. The van der Waals surface area contributed by atoms with Crippen LogP contribution in [-0.4, -0.2) is 61.0 Å². The Morgan fingerprint density at radius 1 is 0.935 bits per heavy atom.